The van der Waals surface area contributed by atoms with E-state index in [1.165, 1.54) is 18.2 Å². The molecule has 0 fully saturated rings. The lowest BCUT2D eigenvalue weighted by molar-refractivity contribution is -0.116. The Bertz CT molecular complexity index is 669. The summed E-state index contributed by atoms with van der Waals surface area (Å²) in [4.78, 5) is 12.0. The molecule has 0 bridgehead atoms. The lowest BCUT2D eigenvalue weighted by atomic mass is 10.2. The lowest BCUT2D eigenvalue weighted by Gasteiger charge is -2.14. The zero-order valence-corrected chi connectivity index (χ0v) is 12.9. The van der Waals surface area contributed by atoms with Crippen molar-refractivity contribution in [2.24, 2.45) is 0 Å². The first-order valence-electron chi connectivity index (χ1n) is 6.64. The second-order valence-electron chi connectivity index (χ2n) is 5.10. The van der Waals surface area contributed by atoms with E-state index in [0.29, 0.717) is 5.69 Å². The van der Waals surface area contributed by atoms with Crippen LogP contribution in [0.1, 0.15) is 30.8 Å². The van der Waals surface area contributed by atoms with Crippen LogP contribution in [0.3, 0.4) is 0 Å². The van der Waals surface area contributed by atoms with Crippen LogP contribution in [-0.4, -0.2) is 15.7 Å². The van der Waals surface area contributed by atoms with Gasteiger partial charge in [-0.25, -0.2) is 4.39 Å². The predicted octanol–water partition coefficient (Wildman–Crippen LogP) is 3.88. The molecule has 0 aliphatic rings. The Labute approximate surface area is 127 Å². The molecule has 0 spiro atoms. The van der Waals surface area contributed by atoms with Crippen LogP contribution < -0.4 is 5.32 Å². The van der Waals surface area contributed by atoms with Crippen molar-refractivity contribution in [3.05, 3.63) is 46.5 Å². The van der Waals surface area contributed by atoms with E-state index in [1.807, 2.05) is 31.5 Å². The average Bonchev–Trinajstić information content (AvgIpc) is 2.72. The first-order valence-corrected chi connectivity index (χ1v) is 7.02. The number of carbonyl (C=O) groups excluding carboxylic acids is 1. The number of hydrogen-bond donors (Lipinski definition) is 1. The first-order chi connectivity index (χ1) is 9.86. The molecular weight excluding hydrogens is 293 g/mol. The molecule has 2 aromatic rings. The SMILES string of the molecule is Cc1cc(C)n([C@@H](C)CC(=O)Nc2ccc(F)cc2Cl)n1. The maximum Gasteiger partial charge on any atom is 0.226 e. The third-order valence-corrected chi connectivity index (χ3v) is 3.46. The summed E-state index contributed by atoms with van der Waals surface area (Å²) in [5, 5.41) is 7.23. The fourth-order valence-electron chi connectivity index (χ4n) is 2.24. The number of rotatable bonds is 4. The smallest absolute Gasteiger partial charge is 0.226 e. The molecule has 0 aliphatic heterocycles. The molecule has 6 heteroatoms. The average molecular weight is 310 g/mol. The van der Waals surface area contributed by atoms with E-state index < -0.39 is 5.82 Å². The maximum absolute atomic E-state index is 13.0. The quantitative estimate of drug-likeness (QED) is 0.931. The first kappa shape index (κ1) is 15.5. The van der Waals surface area contributed by atoms with Crippen LogP contribution in [0.15, 0.2) is 24.3 Å². The van der Waals surface area contributed by atoms with Gasteiger partial charge in [0.2, 0.25) is 5.91 Å². The van der Waals surface area contributed by atoms with Crippen LogP contribution in [-0.2, 0) is 4.79 Å². The number of carbonyl (C=O) groups is 1. The molecule has 0 radical (unpaired) electrons. The number of halogens is 2. The Hall–Kier alpha value is -1.88. The topological polar surface area (TPSA) is 46.9 Å². The molecule has 21 heavy (non-hydrogen) atoms. The molecule has 0 aliphatic carbocycles. The fraction of sp³-hybridized carbons (Fsp3) is 0.333. The van der Waals surface area contributed by atoms with Gasteiger partial charge in [0.1, 0.15) is 5.82 Å². The largest absolute Gasteiger partial charge is 0.325 e. The third-order valence-electron chi connectivity index (χ3n) is 3.15. The van der Waals surface area contributed by atoms with Crippen molar-refractivity contribution in [3.63, 3.8) is 0 Å². The van der Waals surface area contributed by atoms with Crippen molar-refractivity contribution in [2.45, 2.75) is 33.2 Å². The zero-order valence-electron chi connectivity index (χ0n) is 12.2. The lowest BCUT2D eigenvalue weighted by Crippen LogP contribution is -2.19. The molecule has 1 aromatic heterocycles. The summed E-state index contributed by atoms with van der Waals surface area (Å²) in [6.45, 7) is 5.78. The minimum absolute atomic E-state index is 0.0714. The number of anilines is 1. The second kappa shape index (κ2) is 6.26. The van der Waals surface area contributed by atoms with Crippen molar-refractivity contribution in [1.82, 2.24) is 9.78 Å². The summed E-state index contributed by atoms with van der Waals surface area (Å²) in [5.74, 6) is -0.627. The molecule has 1 heterocycles. The summed E-state index contributed by atoms with van der Waals surface area (Å²) in [5.41, 5.74) is 2.33. The van der Waals surface area contributed by atoms with Gasteiger partial charge in [0, 0.05) is 12.1 Å². The van der Waals surface area contributed by atoms with E-state index in [1.54, 1.807) is 0 Å². The molecule has 0 unspecified atom stereocenters. The van der Waals surface area contributed by atoms with Crippen LogP contribution >= 0.6 is 11.6 Å². The molecule has 1 amide bonds. The van der Waals surface area contributed by atoms with Crippen molar-refractivity contribution in [3.8, 4) is 0 Å². The van der Waals surface area contributed by atoms with Crippen LogP contribution in [0.2, 0.25) is 5.02 Å². The Morgan fingerprint density at radius 2 is 2.14 bits per heavy atom. The van der Waals surface area contributed by atoms with Gasteiger partial charge in [0.05, 0.1) is 22.4 Å². The molecule has 1 aromatic carbocycles. The molecule has 4 nitrogen and oxygen atoms in total. The summed E-state index contributed by atoms with van der Waals surface area (Å²) in [6.07, 6.45) is 0.260. The van der Waals surface area contributed by atoms with Crippen LogP contribution in [0.25, 0.3) is 0 Å². The Morgan fingerprint density at radius 1 is 1.43 bits per heavy atom. The van der Waals surface area contributed by atoms with Gasteiger partial charge in [0.25, 0.3) is 0 Å². The highest BCUT2D eigenvalue weighted by atomic mass is 35.5. The van der Waals surface area contributed by atoms with Gasteiger partial charge < -0.3 is 5.32 Å². The molecule has 112 valence electrons. The number of benzene rings is 1. The van der Waals surface area contributed by atoms with E-state index in [0.717, 1.165) is 11.4 Å². The molecule has 1 N–H and O–H groups in total. The van der Waals surface area contributed by atoms with E-state index in [-0.39, 0.29) is 23.4 Å². The van der Waals surface area contributed by atoms with E-state index in [2.05, 4.69) is 10.4 Å². The molecule has 0 saturated heterocycles. The van der Waals surface area contributed by atoms with Gasteiger partial charge in [-0.2, -0.15) is 5.10 Å². The second-order valence-corrected chi connectivity index (χ2v) is 5.50. The highest BCUT2D eigenvalue weighted by Gasteiger charge is 2.15. The molecule has 2 rings (SSSR count). The minimum Gasteiger partial charge on any atom is -0.325 e. The van der Waals surface area contributed by atoms with Gasteiger partial charge in [-0.3, -0.25) is 9.48 Å². The summed E-state index contributed by atoms with van der Waals surface area (Å²) in [7, 11) is 0. The van der Waals surface area contributed by atoms with Gasteiger partial charge in [0.15, 0.2) is 0 Å². The Kier molecular flexibility index (Phi) is 4.63. The number of hydrogen-bond acceptors (Lipinski definition) is 2. The molecule has 1 atom stereocenters. The van der Waals surface area contributed by atoms with Gasteiger partial charge >= 0.3 is 0 Å². The highest BCUT2D eigenvalue weighted by molar-refractivity contribution is 6.33. The zero-order chi connectivity index (χ0) is 15.6. The van der Waals surface area contributed by atoms with E-state index in [4.69, 9.17) is 11.6 Å². The number of nitrogens with zero attached hydrogens (tertiary/aromatic N) is 2. The van der Waals surface area contributed by atoms with Crippen molar-refractivity contribution in [2.75, 3.05) is 5.32 Å². The predicted molar refractivity (Wildman–Crippen MR) is 81.1 cm³/mol. The summed E-state index contributed by atoms with van der Waals surface area (Å²) < 4.78 is 14.8. The maximum atomic E-state index is 13.0. The van der Waals surface area contributed by atoms with Gasteiger partial charge in [-0.05, 0) is 45.0 Å². The summed E-state index contributed by atoms with van der Waals surface area (Å²) in [6, 6.07) is 5.76. The van der Waals surface area contributed by atoms with Gasteiger partial charge in [-0.15, -0.1) is 0 Å². The summed E-state index contributed by atoms with van der Waals surface area (Å²) >= 11 is 5.88. The van der Waals surface area contributed by atoms with Crippen LogP contribution in [0.5, 0.6) is 0 Å². The van der Waals surface area contributed by atoms with Crippen LogP contribution in [0, 0.1) is 19.7 Å². The number of nitrogens with one attached hydrogen (secondary N) is 1. The van der Waals surface area contributed by atoms with E-state index >= 15 is 0 Å². The van der Waals surface area contributed by atoms with Gasteiger partial charge in [-0.1, -0.05) is 11.6 Å². The van der Waals surface area contributed by atoms with Crippen LogP contribution in [0.4, 0.5) is 10.1 Å². The third kappa shape index (κ3) is 3.82. The van der Waals surface area contributed by atoms with Crippen molar-refractivity contribution < 1.29 is 9.18 Å². The monoisotopic (exact) mass is 309 g/mol. The Morgan fingerprint density at radius 3 is 2.71 bits per heavy atom. The van der Waals surface area contributed by atoms with Crippen molar-refractivity contribution in [1.29, 1.82) is 0 Å². The standard InChI is InChI=1S/C15H17ClFN3O/c1-9-6-10(2)20(19-9)11(3)7-15(21)18-14-5-4-12(17)8-13(14)16/h4-6,8,11H,7H2,1-3H3,(H,18,21)/t11-/m0/s1. The Balaban J connectivity index is 2.03. The normalized spacial score (nSPS) is 12.2. The number of aryl methyl sites for hydroxylation is 2. The minimum atomic E-state index is -0.436. The fourth-order valence-corrected chi connectivity index (χ4v) is 2.45. The highest BCUT2D eigenvalue weighted by Crippen LogP contribution is 2.23. The van der Waals surface area contributed by atoms with E-state index in [9.17, 15) is 9.18 Å². The number of aromatic nitrogens is 2. The molecule has 0 saturated carbocycles. The number of amides is 1. The molecular formula is C15H17ClFN3O. The van der Waals surface area contributed by atoms with Crippen molar-refractivity contribution >= 4 is 23.2 Å².